The van der Waals surface area contributed by atoms with Gasteiger partial charge in [-0.2, -0.15) is 0 Å². The lowest BCUT2D eigenvalue weighted by Crippen LogP contribution is -2.48. The Kier molecular flexibility index (Phi) is 5.12. The van der Waals surface area contributed by atoms with Crippen LogP contribution in [-0.4, -0.2) is 23.5 Å². The lowest BCUT2D eigenvalue weighted by atomic mass is 9.79. The summed E-state index contributed by atoms with van der Waals surface area (Å²) in [5.41, 5.74) is 2.26. The van der Waals surface area contributed by atoms with E-state index in [2.05, 4.69) is 15.6 Å². The Balaban J connectivity index is 1.87. The van der Waals surface area contributed by atoms with Crippen LogP contribution in [0.1, 0.15) is 49.7 Å². The molecule has 0 radical (unpaired) electrons. The molecule has 1 amide bonds. The smallest absolute Gasteiger partial charge is 0.222 e. The number of carbonyl (C=O) groups excluding carboxylic acids is 1. The van der Waals surface area contributed by atoms with Gasteiger partial charge in [0.05, 0.1) is 0 Å². The second-order valence-corrected chi connectivity index (χ2v) is 5.85. The van der Waals surface area contributed by atoms with E-state index in [9.17, 15) is 4.79 Å². The quantitative estimate of drug-likeness (QED) is 0.867. The van der Waals surface area contributed by atoms with Crippen molar-refractivity contribution in [2.75, 3.05) is 7.05 Å². The highest BCUT2D eigenvalue weighted by Crippen LogP contribution is 2.30. The van der Waals surface area contributed by atoms with E-state index in [1.807, 2.05) is 26.2 Å². The average molecular weight is 275 g/mol. The van der Waals surface area contributed by atoms with E-state index in [-0.39, 0.29) is 11.4 Å². The van der Waals surface area contributed by atoms with Gasteiger partial charge in [0.2, 0.25) is 5.91 Å². The lowest BCUT2D eigenvalue weighted by molar-refractivity contribution is -0.123. The van der Waals surface area contributed by atoms with E-state index in [1.165, 1.54) is 19.3 Å². The topological polar surface area (TPSA) is 54.0 Å². The van der Waals surface area contributed by atoms with Gasteiger partial charge in [-0.05, 0) is 44.0 Å². The number of amides is 1. The lowest BCUT2D eigenvalue weighted by Gasteiger charge is -2.36. The standard InChI is InChI=1S/C16H25N3O/c1-13-11-18-9-6-14(13)12-19-15(20)10-16(17-2)7-4-3-5-8-16/h6,9,11,17H,3-5,7-8,10,12H2,1-2H3,(H,19,20). The maximum atomic E-state index is 12.2. The number of carbonyl (C=O) groups is 1. The summed E-state index contributed by atoms with van der Waals surface area (Å²) in [5, 5.41) is 6.43. The zero-order chi connectivity index (χ0) is 14.4. The largest absolute Gasteiger partial charge is 0.352 e. The van der Waals surface area contributed by atoms with Crippen molar-refractivity contribution in [1.29, 1.82) is 0 Å². The number of nitrogens with one attached hydrogen (secondary N) is 2. The second kappa shape index (κ2) is 6.84. The van der Waals surface area contributed by atoms with Crippen molar-refractivity contribution >= 4 is 5.91 Å². The van der Waals surface area contributed by atoms with E-state index in [0.29, 0.717) is 13.0 Å². The molecule has 1 saturated carbocycles. The summed E-state index contributed by atoms with van der Waals surface area (Å²) in [6, 6.07) is 1.96. The molecule has 0 bridgehead atoms. The molecule has 1 fully saturated rings. The first-order chi connectivity index (χ1) is 9.65. The fourth-order valence-corrected chi connectivity index (χ4v) is 3.01. The maximum absolute atomic E-state index is 12.2. The number of aromatic nitrogens is 1. The number of aryl methyl sites for hydroxylation is 1. The highest BCUT2D eigenvalue weighted by molar-refractivity contribution is 5.77. The molecule has 110 valence electrons. The van der Waals surface area contributed by atoms with Crippen LogP contribution in [0.5, 0.6) is 0 Å². The molecule has 2 rings (SSSR count). The molecule has 4 heteroatoms. The fraction of sp³-hybridized carbons (Fsp3) is 0.625. The van der Waals surface area contributed by atoms with Gasteiger partial charge in [0, 0.05) is 30.9 Å². The Morgan fingerprint density at radius 3 is 2.75 bits per heavy atom. The summed E-state index contributed by atoms with van der Waals surface area (Å²) in [6.07, 6.45) is 10.1. The summed E-state index contributed by atoms with van der Waals surface area (Å²) in [7, 11) is 1.98. The minimum absolute atomic E-state index is 0.00955. The first-order valence-corrected chi connectivity index (χ1v) is 7.50. The van der Waals surface area contributed by atoms with Crippen molar-refractivity contribution in [3.05, 3.63) is 29.6 Å². The van der Waals surface area contributed by atoms with Gasteiger partial charge in [-0.1, -0.05) is 19.3 Å². The third-order valence-corrected chi connectivity index (χ3v) is 4.45. The van der Waals surface area contributed by atoms with Crippen LogP contribution in [0, 0.1) is 6.92 Å². The molecule has 1 aromatic heterocycles. The minimum Gasteiger partial charge on any atom is -0.352 e. The van der Waals surface area contributed by atoms with E-state index in [0.717, 1.165) is 24.0 Å². The van der Waals surface area contributed by atoms with Gasteiger partial charge in [0.25, 0.3) is 0 Å². The zero-order valence-electron chi connectivity index (χ0n) is 12.5. The van der Waals surface area contributed by atoms with Crippen molar-refractivity contribution in [2.45, 2.75) is 57.5 Å². The van der Waals surface area contributed by atoms with Crippen LogP contribution in [0.25, 0.3) is 0 Å². The number of nitrogens with zero attached hydrogens (tertiary/aromatic N) is 1. The molecule has 0 aromatic carbocycles. The normalized spacial score (nSPS) is 17.7. The van der Waals surface area contributed by atoms with Crippen molar-refractivity contribution in [1.82, 2.24) is 15.6 Å². The van der Waals surface area contributed by atoms with Gasteiger partial charge in [-0.25, -0.2) is 0 Å². The number of rotatable bonds is 5. The molecule has 0 atom stereocenters. The third-order valence-electron chi connectivity index (χ3n) is 4.45. The molecule has 2 N–H and O–H groups in total. The third kappa shape index (κ3) is 3.79. The molecular weight excluding hydrogens is 250 g/mol. The molecule has 0 unspecified atom stereocenters. The predicted molar refractivity (Wildman–Crippen MR) is 80.3 cm³/mol. The summed E-state index contributed by atoms with van der Waals surface area (Å²) >= 11 is 0. The number of pyridine rings is 1. The molecule has 4 nitrogen and oxygen atoms in total. The van der Waals surface area contributed by atoms with Crippen LogP contribution in [0.2, 0.25) is 0 Å². The highest BCUT2D eigenvalue weighted by atomic mass is 16.1. The van der Waals surface area contributed by atoms with E-state index >= 15 is 0 Å². The first-order valence-electron chi connectivity index (χ1n) is 7.50. The molecule has 0 aliphatic heterocycles. The van der Waals surface area contributed by atoms with Crippen molar-refractivity contribution in [3.8, 4) is 0 Å². The summed E-state index contributed by atoms with van der Waals surface area (Å²) in [4.78, 5) is 16.3. The van der Waals surface area contributed by atoms with Crippen LogP contribution in [-0.2, 0) is 11.3 Å². The van der Waals surface area contributed by atoms with E-state index in [1.54, 1.807) is 6.20 Å². The molecule has 0 spiro atoms. The monoisotopic (exact) mass is 275 g/mol. The van der Waals surface area contributed by atoms with Crippen molar-refractivity contribution in [3.63, 3.8) is 0 Å². The Hall–Kier alpha value is -1.42. The van der Waals surface area contributed by atoms with Crippen LogP contribution >= 0.6 is 0 Å². The second-order valence-electron chi connectivity index (χ2n) is 5.85. The Morgan fingerprint density at radius 1 is 1.35 bits per heavy atom. The van der Waals surface area contributed by atoms with Gasteiger partial charge >= 0.3 is 0 Å². The van der Waals surface area contributed by atoms with Crippen molar-refractivity contribution in [2.24, 2.45) is 0 Å². The van der Waals surface area contributed by atoms with Gasteiger partial charge in [0.1, 0.15) is 0 Å². The SMILES string of the molecule is CNC1(CC(=O)NCc2ccncc2C)CCCCC1. The van der Waals surface area contributed by atoms with Gasteiger partial charge in [-0.15, -0.1) is 0 Å². The van der Waals surface area contributed by atoms with E-state index < -0.39 is 0 Å². The molecule has 20 heavy (non-hydrogen) atoms. The Labute approximate surface area is 121 Å². The minimum atomic E-state index is 0.00955. The maximum Gasteiger partial charge on any atom is 0.222 e. The molecule has 1 aliphatic rings. The summed E-state index contributed by atoms with van der Waals surface area (Å²) < 4.78 is 0. The van der Waals surface area contributed by atoms with Crippen LogP contribution < -0.4 is 10.6 Å². The number of hydrogen-bond acceptors (Lipinski definition) is 3. The zero-order valence-corrected chi connectivity index (χ0v) is 12.5. The number of hydrogen-bond donors (Lipinski definition) is 2. The van der Waals surface area contributed by atoms with Gasteiger partial charge in [-0.3, -0.25) is 9.78 Å². The molecule has 0 saturated heterocycles. The van der Waals surface area contributed by atoms with Crippen LogP contribution in [0.3, 0.4) is 0 Å². The van der Waals surface area contributed by atoms with Gasteiger partial charge in [0.15, 0.2) is 0 Å². The Bertz CT molecular complexity index is 453. The molecular formula is C16H25N3O. The highest BCUT2D eigenvalue weighted by Gasteiger charge is 2.32. The predicted octanol–water partition coefficient (Wildman–Crippen LogP) is 2.32. The average Bonchev–Trinajstić information content (AvgIpc) is 2.47. The molecule has 1 aromatic rings. The van der Waals surface area contributed by atoms with Crippen molar-refractivity contribution < 1.29 is 4.79 Å². The molecule has 1 aliphatic carbocycles. The van der Waals surface area contributed by atoms with E-state index in [4.69, 9.17) is 0 Å². The Morgan fingerprint density at radius 2 is 2.10 bits per heavy atom. The summed E-state index contributed by atoms with van der Waals surface area (Å²) in [6.45, 7) is 2.61. The van der Waals surface area contributed by atoms with Crippen LogP contribution in [0.4, 0.5) is 0 Å². The summed E-state index contributed by atoms with van der Waals surface area (Å²) in [5.74, 6) is 0.137. The molecule has 1 heterocycles. The van der Waals surface area contributed by atoms with Gasteiger partial charge < -0.3 is 10.6 Å². The fourth-order valence-electron chi connectivity index (χ4n) is 3.01. The van der Waals surface area contributed by atoms with Crippen LogP contribution in [0.15, 0.2) is 18.5 Å². The first kappa shape index (κ1) is 15.0.